The second kappa shape index (κ2) is 6.64. The molecule has 0 saturated carbocycles. The van der Waals surface area contributed by atoms with Crippen LogP contribution >= 0.6 is 0 Å². The third kappa shape index (κ3) is 2.98. The molecule has 0 aliphatic rings. The summed E-state index contributed by atoms with van der Waals surface area (Å²) in [5.41, 5.74) is 1.46. The molecule has 1 aromatic carbocycles. The van der Waals surface area contributed by atoms with Gasteiger partial charge < -0.3 is 5.32 Å². The number of nitrogens with zero attached hydrogens (tertiary/aromatic N) is 4. The zero-order chi connectivity index (χ0) is 17.9. The molecule has 0 unspecified atom stereocenters. The van der Waals surface area contributed by atoms with Gasteiger partial charge in [0.05, 0.1) is 6.54 Å². The van der Waals surface area contributed by atoms with Crippen molar-refractivity contribution in [2.24, 2.45) is 0 Å². The Morgan fingerprint density at radius 1 is 0.962 bits per heavy atom. The van der Waals surface area contributed by atoms with Crippen molar-refractivity contribution < 1.29 is 4.79 Å². The molecule has 1 amide bonds. The minimum absolute atomic E-state index is 0.247. The Kier molecular flexibility index (Phi) is 4.03. The normalized spacial score (nSPS) is 10.8. The van der Waals surface area contributed by atoms with Crippen LogP contribution in [0.4, 0.5) is 5.82 Å². The molecule has 0 bridgehead atoms. The van der Waals surface area contributed by atoms with Gasteiger partial charge in [-0.15, -0.1) is 0 Å². The van der Waals surface area contributed by atoms with Gasteiger partial charge in [0.15, 0.2) is 5.65 Å². The first kappa shape index (κ1) is 15.8. The Morgan fingerprint density at radius 3 is 2.54 bits per heavy atom. The highest BCUT2D eigenvalue weighted by Crippen LogP contribution is 2.12. The summed E-state index contributed by atoms with van der Waals surface area (Å²) in [5.74, 6) is 0.0823. The first-order chi connectivity index (χ1) is 12.7. The molecule has 4 aromatic rings. The number of aromatic nitrogens is 4. The van der Waals surface area contributed by atoms with Crippen molar-refractivity contribution in [1.82, 2.24) is 19.2 Å². The Morgan fingerprint density at radius 2 is 1.77 bits per heavy atom. The molecule has 7 heteroatoms. The maximum atomic E-state index is 12.8. The van der Waals surface area contributed by atoms with E-state index in [0.717, 1.165) is 5.56 Å². The highest BCUT2D eigenvalue weighted by Gasteiger charge is 2.18. The molecular weight excluding hydrogens is 330 g/mol. The van der Waals surface area contributed by atoms with E-state index in [0.29, 0.717) is 23.7 Å². The van der Waals surface area contributed by atoms with E-state index in [9.17, 15) is 9.59 Å². The largest absolute Gasteiger partial charge is 0.305 e. The molecule has 7 nitrogen and oxygen atoms in total. The predicted octanol–water partition coefficient (Wildman–Crippen LogP) is 2.19. The number of hydrogen-bond donors (Lipinski definition) is 1. The molecule has 0 aliphatic heterocycles. The van der Waals surface area contributed by atoms with Gasteiger partial charge in [0, 0.05) is 24.5 Å². The third-order valence-electron chi connectivity index (χ3n) is 3.95. The van der Waals surface area contributed by atoms with E-state index in [1.165, 1.54) is 16.8 Å². The molecular formula is C19H15N5O2. The fourth-order valence-corrected chi connectivity index (χ4v) is 2.77. The van der Waals surface area contributed by atoms with E-state index >= 15 is 0 Å². The van der Waals surface area contributed by atoms with Crippen LogP contribution in [0.1, 0.15) is 16.1 Å². The van der Waals surface area contributed by atoms with Gasteiger partial charge >= 0.3 is 0 Å². The molecule has 1 N–H and O–H groups in total. The van der Waals surface area contributed by atoms with Crippen LogP contribution in [0, 0.1) is 0 Å². The first-order valence-electron chi connectivity index (χ1n) is 8.06. The van der Waals surface area contributed by atoms with Gasteiger partial charge in [0.25, 0.3) is 11.5 Å². The highest BCUT2D eigenvalue weighted by molar-refractivity contribution is 6.03. The average molecular weight is 345 g/mol. The van der Waals surface area contributed by atoms with Crippen LogP contribution in [0.3, 0.4) is 0 Å². The summed E-state index contributed by atoms with van der Waals surface area (Å²) in [6, 6.07) is 17.8. The van der Waals surface area contributed by atoms with Crippen LogP contribution in [0.2, 0.25) is 0 Å². The first-order valence-corrected chi connectivity index (χ1v) is 8.06. The van der Waals surface area contributed by atoms with Crippen LogP contribution in [0.5, 0.6) is 0 Å². The van der Waals surface area contributed by atoms with Crippen molar-refractivity contribution in [2.75, 3.05) is 5.32 Å². The van der Waals surface area contributed by atoms with Crippen molar-refractivity contribution in [3.8, 4) is 0 Å². The lowest BCUT2D eigenvalue weighted by atomic mass is 10.2. The summed E-state index contributed by atoms with van der Waals surface area (Å²) in [7, 11) is 0. The smallest absolute Gasteiger partial charge is 0.275 e. The van der Waals surface area contributed by atoms with Crippen molar-refractivity contribution in [2.45, 2.75) is 6.54 Å². The van der Waals surface area contributed by atoms with Crippen LogP contribution in [0.15, 0.2) is 77.9 Å². The number of hydrogen-bond acceptors (Lipinski definition) is 4. The summed E-state index contributed by atoms with van der Waals surface area (Å²) >= 11 is 0. The summed E-state index contributed by atoms with van der Waals surface area (Å²) in [5, 5.41) is 2.75. The van der Waals surface area contributed by atoms with Crippen molar-refractivity contribution in [1.29, 1.82) is 0 Å². The molecule has 128 valence electrons. The number of benzene rings is 1. The molecule has 3 heterocycles. The van der Waals surface area contributed by atoms with Gasteiger partial charge in [0.1, 0.15) is 11.5 Å². The van der Waals surface area contributed by atoms with Gasteiger partial charge in [-0.3, -0.25) is 14.3 Å². The number of anilines is 1. The Bertz CT molecular complexity index is 1120. The number of rotatable bonds is 4. The topological polar surface area (TPSA) is 81.3 Å². The lowest BCUT2D eigenvalue weighted by Gasteiger charge is -2.11. The van der Waals surface area contributed by atoms with E-state index in [1.807, 2.05) is 30.3 Å². The number of carbonyl (C=O) groups is 1. The van der Waals surface area contributed by atoms with E-state index in [4.69, 9.17) is 0 Å². The van der Waals surface area contributed by atoms with Crippen molar-refractivity contribution in [3.63, 3.8) is 0 Å². The number of carbonyl (C=O) groups excluding carboxylic acids is 1. The molecule has 26 heavy (non-hydrogen) atoms. The second-order valence-corrected chi connectivity index (χ2v) is 5.70. The Hall–Kier alpha value is -3.74. The fourth-order valence-electron chi connectivity index (χ4n) is 2.77. The summed E-state index contributed by atoms with van der Waals surface area (Å²) in [6.07, 6.45) is 3.03. The molecule has 0 saturated heterocycles. The molecule has 0 radical (unpaired) electrons. The predicted molar refractivity (Wildman–Crippen MR) is 97.2 cm³/mol. The molecule has 0 spiro atoms. The average Bonchev–Trinajstić information content (AvgIpc) is 3.03. The summed E-state index contributed by atoms with van der Waals surface area (Å²) in [6.45, 7) is 0.362. The van der Waals surface area contributed by atoms with Gasteiger partial charge in [-0.2, -0.15) is 4.52 Å². The molecule has 3 aromatic heterocycles. The van der Waals surface area contributed by atoms with Crippen LogP contribution < -0.4 is 10.9 Å². The summed E-state index contributed by atoms with van der Waals surface area (Å²) < 4.78 is 3.03. The van der Waals surface area contributed by atoms with Crippen LogP contribution in [-0.2, 0) is 6.54 Å². The Labute approximate surface area is 148 Å². The number of fused-ring (bicyclic) bond motifs is 1. The Balaban J connectivity index is 1.80. The lowest BCUT2D eigenvalue weighted by Crippen LogP contribution is -2.25. The number of amides is 1. The maximum Gasteiger partial charge on any atom is 0.275 e. The summed E-state index contributed by atoms with van der Waals surface area (Å²) in [4.78, 5) is 33.4. The van der Waals surface area contributed by atoms with Gasteiger partial charge in [-0.25, -0.2) is 9.97 Å². The van der Waals surface area contributed by atoms with Gasteiger partial charge in [-0.1, -0.05) is 36.4 Å². The maximum absolute atomic E-state index is 12.8. The van der Waals surface area contributed by atoms with E-state index < -0.39 is 0 Å². The second-order valence-electron chi connectivity index (χ2n) is 5.70. The standard InChI is InChI=1S/C19H15N5O2/c25-18-9-11-21-17-12-15(19(26)22-16-8-4-5-10-20-16)23(24(17)18)13-14-6-2-1-3-7-14/h1-12H,13H2,(H,20,22,26). The van der Waals surface area contributed by atoms with Crippen molar-refractivity contribution in [3.05, 3.63) is 94.7 Å². The SMILES string of the molecule is O=C(Nc1ccccn1)c1cc2nccc(=O)n2n1Cc1ccccc1. The van der Waals surface area contributed by atoms with E-state index in [1.54, 1.807) is 35.1 Å². The van der Waals surface area contributed by atoms with E-state index in [-0.39, 0.29) is 11.5 Å². The molecule has 0 atom stereocenters. The van der Waals surface area contributed by atoms with Crippen LogP contribution in [0.25, 0.3) is 5.65 Å². The fraction of sp³-hybridized carbons (Fsp3) is 0.0526. The molecule has 0 fully saturated rings. The number of nitrogens with one attached hydrogen (secondary N) is 1. The van der Waals surface area contributed by atoms with Gasteiger partial charge in [0.2, 0.25) is 0 Å². The van der Waals surface area contributed by atoms with Crippen LogP contribution in [-0.4, -0.2) is 25.1 Å². The molecule has 0 aliphatic carbocycles. The highest BCUT2D eigenvalue weighted by atomic mass is 16.2. The van der Waals surface area contributed by atoms with Gasteiger partial charge in [-0.05, 0) is 17.7 Å². The monoisotopic (exact) mass is 345 g/mol. The lowest BCUT2D eigenvalue weighted by molar-refractivity contribution is 0.101. The van der Waals surface area contributed by atoms with E-state index in [2.05, 4.69) is 15.3 Å². The third-order valence-corrected chi connectivity index (χ3v) is 3.95. The minimum Gasteiger partial charge on any atom is -0.305 e. The quantitative estimate of drug-likeness (QED) is 0.615. The number of pyridine rings is 1. The molecule has 4 rings (SSSR count). The zero-order valence-corrected chi connectivity index (χ0v) is 13.7. The minimum atomic E-state index is -0.357. The zero-order valence-electron chi connectivity index (χ0n) is 13.7. The van der Waals surface area contributed by atoms with Crippen molar-refractivity contribution >= 4 is 17.4 Å².